The topological polar surface area (TPSA) is 11.4 Å². The molecule has 0 saturated carbocycles. The van der Waals surface area contributed by atoms with E-state index in [1.807, 2.05) is 30.3 Å². The number of nitrogens with zero attached hydrogens (tertiary/aromatic N) is 3. The van der Waals surface area contributed by atoms with Crippen molar-refractivity contribution in [1.29, 1.82) is 0 Å². The van der Waals surface area contributed by atoms with Crippen molar-refractivity contribution in [2.24, 2.45) is 0 Å². The third-order valence-electron chi connectivity index (χ3n) is 4.95. The van der Waals surface area contributed by atoms with Crippen LogP contribution in [0.2, 0.25) is 5.02 Å². The summed E-state index contributed by atoms with van der Waals surface area (Å²) < 4.78 is 16.0. The SMILES string of the molecule is CN1CCN(Cc2cn(-c3ccccc3Cl)c3ccc(F)cc23)CC1. The molecule has 5 heteroatoms. The van der Waals surface area contributed by atoms with Crippen LogP contribution < -0.4 is 0 Å². The van der Waals surface area contributed by atoms with Crippen LogP contribution in [0.25, 0.3) is 16.6 Å². The van der Waals surface area contributed by atoms with Crippen LogP contribution >= 0.6 is 11.6 Å². The van der Waals surface area contributed by atoms with Gasteiger partial charge in [0.15, 0.2) is 0 Å². The summed E-state index contributed by atoms with van der Waals surface area (Å²) in [4.78, 5) is 4.76. The second-order valence-electron chi connectivity index (χ2n) is 6.72. The molecular weight excluding hydrogens is 337 g/mol. The van der Waals surface area contributed by atoms with Crippen molar-refractivity contribution in [3.8, 4) is 5.69 Å². The molecule has 3 nitrogen and oxygen atoms in total. The van der Waals surface area contributed by atoms with Crippen LogP contribution in [0.4, 0.5) is 4.39 Å². The molecule has 0 radical (unpaired) electrons. The molecule has 0 N–H and O–H groups in total. The van der Waals surface area contributed by atoms with Crippen LogP contribution in [0.1, 0.15) is 5.56 Å². The van der Waals surface area contributed by atoms with Gasteiger partial charge in [0.25, 0.3) is 0 Å². The Balaban J connectivity index is 1.77. The third kappa shape index (κ3) is 3.30. The van der Waals surface area contributed by atoms with Gasteiger partial charge in [0.05, 0.1) is 16.2 Å². The molecule has 1 fully saturated rings. The summed E-state index contributed by atoms with van der Waals surface area (Å²) >= 11 is 6.40. The van der Waals surface area contributed by atoms with E-state index in [0.717, 1.165) is 54.9 Å². The minimum Gasteiger partial charge on any atom is -0.315 e. The van der Waals surface area contributed by atoms with Crippen molar-refractivity contribution >= 4 is 22.5 Å². The molecule has 1 aliphatic rings. The van der Waals surface area contributed by atoms with E-state index in [4.69, 9.17) is 11.6 Å². The Bertz CT molecular complexity index is 897. The number of piperazine rings is 1. The van der Waals surface area contributed by atoms with E-state index in [1.54, 1.807) is 6.07 Å². The molecule has 0 aliphatic carbocycles. The molecule has 0 atom stereocenters. The molecular formula is C20H21ClFN3. The van der Waals surface area contributed by atoms with E-state index in [0.29, 0.717) is 5.02 Å². The standard InChI is InChI=1S/C20H21ClFN3/c1-23-8-10-24(11-9-23)13-15-14-25(20-5-3-2-4-18(20)21)19-7-6-16(22)12-17(15)19/h2-7,12,14H,8-11,13H2,1H3. The Hall–Kier alpha value is -1.88. The number of hydrogen-bond donors (Lipinski definition) is 0. The Morgan fingerprint density at radius 1 is 1.04 bits per heavy atom. The van der Waals surface area contributed by atoms with E-state index in [-0.39, 0.29) is 5.82 Å². The average Bonchev–Trinajstić information content (AvgIpc) is 2.95. The van der Waals surface area contributed by atoms with E-state index >= 15 is 0 Å². The first-order valence-corrected chi connectivity index (χ1v) is 8.95. The Morgan fingerprint density at radius 2 is 1.80 bits per heavy atom. The maximum atomic E-state index is 13.9. The second-order valence-corrected chi connectivity index (χ2v) is 7.12. The average molecular weight is 358 g/mol. The van der Waals surface area contributed by atoms with Crippen molar-refractivity contribution < 1.29 is 4.39 Å². The summed E-state index contributed by atoms with van der Waals surface area (Å²) in [7, 11) is 2.15. The van der Waals surface area contributed by atoms with Crippen LogP contribution in [0.15, 0.2) is 48.7 Å². The van der Waals surface area contributed by atoms with E-state index in [2.05, 4.69) is 27.6 Å². The van der Waals surface area contributed by atoms with E-state index in [9.17, 15) is 4.39 Å². The number of aromatic nitrogens is 1. The first-order valence-electron chi connectivity index (χ1n) is 8.57. The highest BCUT2D eigenvalue weighted by atomic mass is 35.5. The molecule has 0 unspecified atom stereocenters. The summed E-state index contributed by atoms with van der Waals surface area (Å²) in [5.74, 6) is -0.205. The zero-order chi connectivity index (χ0) is 17.4. The predicted molar refractivity (Wildman–Crippen MR) is 101 cm³/mol. The number of rotatable bonds is 3. The monoisotopic (exact) mass is 357 g/mol. The van der Waals surface area contributed by atoms with Crippen molar-refractivity contribution in [1.82, 2.24) is 14.4 Å². The molecule has 3 aromatic rings. The normalized spacial score (nSPS) is 16.6. The van der Waals surface area contributed by atoms with Crippen LogP contribution in [0.3, 0.4) is 0 Å². The van der Waals surface area contributed by atoms with Gasteiger partial charge in [-0.25, -0.2) is 4.39 Å². The maximum absolute atomic E-state index is 13.9. The fourth-order valence-corrected chi connectivity index (χ4v) is 3.72. The first-order chi connectivity index (χ1) is 12.1. The Kier molecular flexibility index (Phi) is 4.50. The summed E-state index contributed by atoms with van der Waals surface area (Å²) in [5.41, 5.74) is 3.04. The molecule has 2 heterocycles. The second kappa shape index (κ2) is 6.79. The number of hydrogen-bond acceptors (Lipinski definition) is 2. The summed E-state index contributed by atoms with van der Waals surface area (Å²) in [6.07, 6.45) is 2.10. The highest BCUT2D eigenvalue weighted by molar-refractivity contribution is 6.32. The van der Waals surface area contributed by atoms with Crippen molar-refractivity contribution in [2.75, 3.05) is 33.2 Å². The third-order valence-corrected chi connectivity index (χ3v) is 5.27. The van der Waals surface area contributed by atoms with Gasteiger partial charge < -0.3 is 9.47 Å². The molecule has 1 aromatic heterocycles. The molecule has 0 bridgehead atoms. The summed E-state index contributed by atoms with van der Waals surface area (Å²) in [6.45, 7) is 5.02. The highest BCUT2D eigenvalue weighted by Crippen LogP contribution is 2.30. The lowest BCUT2D eigenvalue weighted by molar-refractivity contribution is 0.148. The zero-order valence-electron chi connectivity index (χ0n) is 14.3. The first kappa shape index (κ1) is 16.6. The van der Waals surface area contributed by atoms with Gasteiger partial charge in [0.1, 0.15) is 5.82 Å². The molecule has 1 aliphatic heterocycles. The molecule has 0 amide bonds. The zero-order valence-corrected chi connectivity index (χ0v) is 15.0. The van der Waals surface area contributed by atoms with Crippen LogP contribution in [-0.4, -0.2) is 47.6 Å². The van der Waals surface area contributed by atoms with Gasteiger partial charge in [-0.1, -0.05) is 23.7 Å². The van der Waals surface area contributed by atoms with E-state index < -0.39 is 0 Å². The van der Waals surface area contributed by atoms with Gasteiger partial charge in [0.2, 0.25) is 0 Å². The number of benzene rings is 2. The van der Waals surface area contributed by atoms with Crippen molar-refractivity contribution in [2.45, 2.75) is 6.54 Å². The minimum atomic E-state index is -0.205. The quantitative estimate of drug-likeness (QED) is 0.697. The maximum Gasteiger partial charge on any atom is 0.123 e. The number of fused-ring (bicyclic) bond motifs is 1. The summed E-state index contributed by atoms with van der Waals surface area (Å²) in [6, 6.07) is 12.7. The fourth-order valence-electron chi connectivity index (χ4n) is 3.49. The summed E-state index contributed by atoms with van der Waals surface area (Å²) in [5, 5.41) is 1.65. The fraction of sp³-hybridized carbons (Fsp3) is 0.300. The molecule has 2 aromatic carbocycles. The van der Waals surface area contributed by atoms with Crippen molar-refractivity contribution in [3.63, 3.8) is 0 Å². The largest absolute Gasteiger partial charge is 0.315 e. The molecule has 4 rings (SSSR count). The van der Waals surface area contributed by atoms with Gasteiger partial charge in [-0.2, -0.15) is 0 Å². The van der Waals surface area contributed by atoms with Gasteiger partial charge in [0, 0.05) is 44.3 Å². The molecule has 0 spiro atoms. The highest BCUT2D eigenvalue weighted by Gasteiger charge is 2.18. The predicted octanol–water partition coefficient (Wildman–Crippen LogP) is 4.17. The van der Waals surface area contributed by atoms with Gasteiger partial charge in [-0.05, 0) is 42.9 Å². The molecule has 130 valence electrons. The molecule has 25 heavy (non-hydrogen) atoms. The lowest BCUT2D eigenvalue weighted by Crippen LogP contribution is -2.43. The van der Waals surface area contributed by atoms with E-state index in [1.165, 1.54) is 6.07 Å². The van der Waals surface area contributed by atoms with Gasteiger partial charge in [-0.3, -0.25) is 4.90 Å². The van der Waals surface area contributed by atoms with Crippen molar-refractivity contribution in [3.05, 3.63) is 65.1 Å². The van der Waals surface area contributed by atoms with Crippen LogP contribution in [0.5, 0.6) is 0 Å². The smallest absolute Gasteiger partial charge is 0.123 e. The lowest BCUT2D eigenvalue weighted by atomic mass is 10.1. The van der Waals surface area contributed by atoms with Gasteiger partial charge >= 0.3 is 0 Å². The minimum absolute atomic E-state index is 0.205. The number of likely N-dealkylation sites (N-methyl/N-ethyl adjacent to an activating group) is 1. The molecule has 1 saturated heterocycles. The number of para-hydroxylation sites is 1. The Morgan fingerprint density at radius 3 is 2.56 bits per heavy atom. The van der Waals surface area contributed by atoms with Crippen LogP contribution in [-0.2, 0) is 6.54 Å². The lowest BCUT2D eigenvalue weighted by Gasteiger charge is -2.32. The van der Waals surface area contributed by atoms with Crippen LogP contribution in [0, 0.1) is 5.82 Å². The van der Waals surface area contributed by atoms with Gasteiger partial charge in [-0.15, -0.1) is 0 Å². The Labute approximate surface area is 152 Å². The number of halogens is 2.